The highest BCUT2D eigenvalue weighted by Gasteiger charge is 2.42. The fraction of sp³-hybridized carbons (Fsp3) is 0.538. The minimum absolute atomic E-state index is 0.0868. The molecule has 1 aliphatic rings. The molecule has 0 radical (unpaired) electrons. The summed E-state index contributed by atoms with van der Waals surface area (Å²) in [6.45, 7) is 3.53. The molecule has 1 saturated carbocycles. The van der Waals surface area contributed by atoms with Crippen LogP contribution in [-0.2, 0) is 10.0 Å². The Kier molecular flexibility index (Phi) is 3.91. The first kappa shape index (κ1) is 14.8. The van der Waals surface area contributed by atoms with Gasteiger partial charge in [-0.05, 0) is 55.4 Å². The standard InChI is InChI=1S/C13H17ClFNO2S/c1-9-5-11(15)6-10(2)12(9)19(17,18)16-8-13(7-14)3-4-13/h5-6,16H,3-4,7-8H2,1-2H3. The van der Waals surface area contributed by atoms with Gasteiger partial charge in [-0.1, -0.05) is 0 Å². The fourth-order valence-electron chi connectivity index (χ4n) is 2.18. The summed E-state index contributed by atoms with van der Waals surface area (Å²) in [4.78, 5) is 0.166. The van der Waals surface area contributed by atoms with Crippen molar-refractivity contribution >= 4 is 21.6 Å². The first-order valence-electron chi connectivity index (χ1n) is 6.12. The zero-order valence-corrected chi connectivity index (χ0v) is 12.5. The van der Waals surface area contributed by atoms with Crippen molar-refractivity contribution in [3.8, 4) is 0 Å². The van der Waals surface area contributed by atoms with Crippen LogP contribution in [0.15, 0.2) is 17.0 Å². The molecule has 19 heavy (non-hydrogen) atoms. The fourth-order valence-corrected chi connectivity index (χ4v) is 4.14. The molecule has 3 nitrogen and oxygen atoms in total. The second-order valence-electron chi connectivity index (χ2n) is 5.33. The average Bonchev–Trinajstić information content (AvgIpc) is 3.05. The number of halogens is 2. The van der Waals surface area contributed by atoms with Gasteiger partial charge in [-0.25, -0.2) is 17.5 Å². The molecule has 6 heteroatoms. The summed E-state index contributed by atoms with van der Waals surface area (Å²) in [5.41, 5.74) is 0.748. The van der Waals surface area contributed by atoms with Gasteiger partial charge < -0.3 is 0 Å². The zero-order chi connectivity index (χ0) is 14.3. The van der Waals surface area contributed by atoms with Crippen LogP contribution in [0.1, 0.15) is 24.0 Å². The van der Waals surface area contributed by atoms with Crippen LogP contribution in [0.3, 0.4) is 0 Å². The highest BCUT2D eigenvalue weighted by Crippen LogP contribution is 2.46. The maximum atomic E-state index is 13.2. The molecular weight excluding hydrogens is 289 g/mol. The number of hydrogen-bond donors (Lipinski definition) is 1. The van der Waals surface area contributed by atoms with Gasteiger partial charge in [0.15, 0.2) is 0 Å². The van der Waals surface area contributed by atoms with Gasteiger partial charge in [-0.2, -0.15) is 0 Å². The first-order chi connectivity index (χ1) is 8.80. The molecule has 0 aliphatic heterocycles. The van der Waals surface area contributed by atoms with Gasteiger partial charge in [0.05, 0.1) is 4.90 Å². The monoisotopic (exact) mass is 305 g/mol. The predicted molar refractivity (Wildman–Crippen MR) is 73.4 cm³/mol. The van der Waals surface area contributed by atoms with Crippen LogP contribution in [0.5, 0.6) is 0 Å². The zero-order valence-electron chi connectivity index (χ0n) is 11.0. The van der Waals surface area contributed by atoms with E-state index in [0.29, 0.717) is 23.6 Å². The van der Waals surface area contributed by atoms with Crippen LogP contribution in [-0.4, -0.2) is 20.8 Å². The molecule has 0 saturated heterocycles. The summed E-state index contributed by atoms with van der Waals surface area (Å²) < 4.78 is 40.4. The van der Waals surface area contributed by atoms with Gasteiger partial charge in [0, 0.05) is 12.4 Å². The third-order valence-electron chi connectivity index (χ3n) is 3.57. The summed E-state index contributed by atoms with van der Waals surface area (Å²) in [5.74, 6) is 0.0325. The Morgan fingerprint density at radius 2 is 1.84 bits per heavy atom. The number of rotatable bonds is 5. The van der Waals surface area contributed by atoms with E-state index in [-0.39, 0.29) is 10.3 Å². The van der Waals surface area contributed by atoms with E-state index in [1.807, 2.05) is 0 Å². The Morgan fingerprint density at radius 1 is 1.32 bits per heavy atom. The number of nitrogens with one attached hydrogen (secondary N) is 1. The van der Waals surface area contributed by atoms with Crippen molar-refractivity contribution in [3.05, 3.63) is 29.1 Å². The van der Waals surface area contributed by atoms with Crippen molar-refractivity contribution in [2.45, 2.75) is 31.6 Å². The van der Waals surface area contributed by atoms with Crippen LogP contribution in [0.2, 0.25) is 0 Å². The van der Waals surface area contributed by atoms with Crippen LogP contribution >= 0.6 is 11.6 Å². The number of benzene rings is 1. The molecule has 0 spiro atoms. The summed E-state index contributed by atoms with van der Waals surface area (Å²) in [6, 6.07) is 2.46. The largest absolute Gasteiger partial charge is 0.241 e. The van der Waals surface area contributed by atoms with Gasteiger partial charge >= 0.3 is 0 Å². The molecule has 1 fully saturated rings. The maximum absolute atomic E-state index is 13.2. The maximum Gasteiger partial charge on any atom is 0.241 e. The van der Waals surface area contributed by atoms with Gasteiger partial charge in [0.2, 0.25) is 10.0 Å². The molecule has 1 aromatic carbocycles. The van der Waals surface area contributed by atoms with Crippen LogP contribution in [0.25, 0.3) is 0 Å². The molecule has 1 aromatic rings. The molecule has 0 aromatic heterocycles. The van der Waals surface area contributed by atoms with Crippen LogP contribution < -0.4 is 4.72 Å². The molecule has 1 aliphatic carbocycles. The first-order valence-corrected chi connectivity index (χ1v) is 8.14. The van der Waals surface area contributed by atoms with Gasteiger partial charge in [0.1, 0.15) is 5.82 Å². The van der Waals surface area contributed by atoms with E-state index >= 15 is 0 Å². The number of aryl methyl sites for hydroxylation is 2. The Balaban J connectivity index is 2.25. The van der Waals surface area contributed by atoms with Crippen molar-refractivity contribution < 1.29 is 12.8 Å². The van der Waals surface area contributed by atoms with E-state index in [1.54, 1.807) is 13.8 Å². The molecule has 0 bridgehead atoms. The van der Waals surface area contributed by atoms with Crippen molar-refractivity contribution in [2.24, 2.45) is 5.41 Å². The Morgan fingerprint density at radius 3 is 2.26 bits per heavy atom. The molecule has 2 rings (SSSR count). The normalized spacial score (nSPS) is 17.5. The predicted octanol–water partition coefficient (Wildman–Crippen LogP) is 2.74. The van der Waals surface area contributed by atoms with Crippen LogP contribution in [0.4, 0.5) is 4.39 Å². The average molecular weight is 306 g/mol. The lowest BCUT2D eigenvalue weighted by Gasteiger charge is -2.15. The van der Waals surface area contributed by atoms with E-state index in [2.05, 4.69) is 4.72 Å². The smallest absolute Gasteiger partial charge is 0.211 e. The number of hydrogen-bond acceptors (Lipinski definition) is 2. The van der Waals surface area contributed by atoms with Crippen molar-refractivity contribution in [1.82, 2.24) is 4.72 Å². The van der Waals surface area contributed by atoms with Crippen molar-refractivity contribution in [1.29, 1.82) is 0 Å². The molecule has 0 amide bonds. The number of sulfonamides is 1. The second-order valence-corrected chi connectivity index (χ2v) is 7.30. The third kappa shape index (κ3) is 3.09. The van der Waals surface area contributed by atoms with Crippen molar-refractivity contribution in [2.75, 3.05) is 12.4 Å². The van der Waals surface area contributed by atoms with Crippen molar-refractivity contribution in [3.63, 3.8) is 0 Å². The SMILES string of the molecule is Cc1cc(F)cc(C)c1S(=O)(=O)NCC1(CCl)CC1. The lowest BCUT2D eigenvalue weighted by Crippen LogP contribution is -2.32. The van der Waals surface area contributed by atoms with Gasteiger partial charge in [-0.15, -0.1) is 11.6 Å². The molecule has 0 atom stereocenters. The van der Waals surface area contributed by atoms with E-state index < -0.39 is 15.8 Å². The molecular formula is C13H17ClFNO2S. The molecule has 0 unspecified atom stereocenters. The minimum Gasteiger partial charge on any atom is -0.211 e. The van der Waals surface area contributed by atoms with E-state index in [0.717, 1.165) is 12.8 Å². The topological polar surface area (TPSA) is 46.2 Å². The lowest BCUT2D eigenvalue weighted by molar-refractivity contribution is 0.533. The van der Waals surface area contributed by atoms with E-state index in [9.17, 15) is 12.8 Å². The lowest BCUT2D eigenvalue weighted by atomic mass is 10.1. The molecule has 0 heterocycles. The molecule has 1 N–H and O–H groups in total. The Bertz CT molecular complexity index is 574. The molecule has 106 valence electrons. The summed E-state index contributed by atoms with van der Waals surface area (Å²) in [6.07, 6.45) is 1.89. The quantitative estimate of drug-likeness (QED) is 0.850. The highest BCUT2D eigenvalue weighted by atomic mass is 35.5. The van der Waals surface area contributed by atoms with E-state index in [1.165, 1.54) is 12.1 Å². The Labute approximate surface area is 118 Å². The van der Waals surface area contributed by atoms with Gasteiger partial charge in [0.25, 0.3) is 0 Å². The minimum atomic E-state index is -3.62. The number of alkyl halides is 1. The summed E-state index contributed by atoms with van der Waals surface area (Å²) >= 11 is 5.83. The van der Waals surface area contributed by atoms with Gasteiger partial charge in [-0.3, -0.25) is 0 Å². The van der Waals surface area contributed by atoms with Crippen LogP contribution in [0, 0.1) is 25.1 Å². The second kappa shape index (κ2) is 5.04. The summed E-state index contributed by atoms with van der Waals surface area (Å²) in [5, 5.41) is 0. The Hall–Kier alpha value is -0.650. The highest BCUT2D eigenvalue weighted by molar-refractivity contribution is 7.89. The summed E-state index contributed by atoms with van der Waals surface area (Å²) in [7, 11) is -3.62. The third-order valence-corrected chi connectivity index (χ3v) is 5.84. The van der Waals surface area contributed by atoms with E-state index in [4.69, 9.17) is 11.6 Å².